The minimum absolute atomic E-state index is 0.646. The molecule has 0 aliphatic heterocycles. The van der Waals surface area contributed by atoms with E-state index in [9.17, 15) is 0 Å². The van der Waals surface area contributed by atoms with Gasteiger partial charge in [0.1, 0.15) is 0 Å². The molecule has 0 saturated heterocycles. The van der Waals surface area contributed by atoms with Gasteiger partial charge < -0.3 is 0 Å². The molecule has 5 aromatic rings. The Hall–Kier alpha value is -2.23. The fraction of sp³-hybridized carbons (Fsp3) is 0.179. The van der Waals surface area contributed by atoms with Gasteiger partial charge in [0.05, 0.1) is 11.2 Å². The zero-order valence-corrected chi connectivity index (χ0v) is 20.0. The topological polar surface area (TPSA) is 12.9 Å². The molecule has 31 heavy (non-hydrogen) atoms. The van der Waals surface area contributed by atoms with E-state index in [2.05, 4.69) is 98.6 Å². The van der Waals surface area contributed by atoms with Gasteiger partial charge in [0, 0.05) is 25.3 Å². The number of fused-ring (bicyclic) bond motifs is 12. The number of nitrogens with zero attached hydrogens (tertiary/aromatic N) is 1. The van der Waals surface area contributed by atoms with Gasteiger partial charge in [-0.1, -0.05) is 74.3 Å². The van der Waals surface area contributed by atoms with Gasteiger partial charge >= 0.3 is 0 Å². The van der Waals surface area contributed by atoms with Crippen LogP contribution in [-0.2, 0) is 0 Å². The normalized spacial score (nSPS) is 19.5. The van der Waals surface area contributed by atoms with E-state index < -0.39 is 0 Å². The van der Waals surface area contributed by atoms with Crippen molar-refractivity contribution in [1.29, 1.82) is 0 Å². The molecule has 2 bridgehead atoms. The highest BCUT2D eigenvalue weighted by atomic mass is 79.9. The van der Waals surface area contributed by atoms with Crippen molar-refractivity contribution in [2.75, 3.05) is 0 Å². The van der Waals surface area contributed by atoms with Crippen molar-refractivity contribution >= 4 is 64.3 Å². The molecule has 2 atom stereocenters. The summed E-state index contributed by atoms with van der Waals surface area (Å²) in [5, 5.41) is 6.59. The van der Waals surface area contributed by atoms with Crippen LogP contribution in [0.1, 0.15) is 42.2 Å². The quantitative estimate of drug-likeness (QED) is 0.198. The highest BCUT2D eigenvalue weighted by Crippen LogP contribution is 2.58. The lowest BCUT2D eigenvalue weighted by Gasteiger charge is -2.23. The number of rotatable bonds is 1. The van der Waals surface area contributed by atoms with Crippen LogP contribution in [0.2, 0.25) is 0 Å². The minimum Gasteiger partial charge on any atom is -0.247 e. The average molecular weight is 529 g/mol. The Balaban J connectivity index is 1.72. The Morgan fingerprint density at radius 2 is 1.39 bits per heavy atom. The molecule has 7 rings (SSSR count). The van der Waals surface area contributed by atoms with E-state index in [0.29, 0.717) is 11.8 Å². The van der Waals surface area contributed by atoms with E-state index in [1.165, 1.54) is 63.0 Å². The summed E-state index contributed by atoms with van der Waals surface area (Å²) in [6.45, 7) is 0. The smallest absolute Gasteiger partial charge is 0.0797 e. The highest BCUT2D eigenvalue weighted by Gasteiger charge is 2.41. The predicted octanol–water partition coefficient (Wildman–Crippen LogP) is 9.10. The van der Waals surface area contributed by atoms with Crippen LogP contribution in [0, 0.1) is 0 Å². The molecule has 2 aliphatic rings. The van der Waals surface area contributed by atoms with Crippen molar-refractivity contribution in [3.05, 3.63) is 86.8 Å². The van der Waals surface area contributed by atoms with E-state index in [4.69, 9.17) is 4.98 Å². The van der Waals surface area contributed by atoms with Gasteiger partial charge in [-0.2, -0.15) is 0 Å². The number of benzene rings is 4. The zero-order chi connectivity index (χ0) is 20.7. The Morgan fingerprint density at radius 3 is 2.19 bits per heavy atom. The highest BCUT2D eigenvalue weighted by molar-refractivity contribution is 9.10. The monoisotopic (exact) mass is 527 g/mol. The van der Waals surface area contributed by atoms with Crippen LogP contribution in [0.25, 0.3) is 43.7 Å². The van der Waals surface area contributed by atoms with Gasteiger partial charge in [-0.3, -0.25) is 0 Å². The van der Waals surface area contributed by atoms with Crippen molar-refractivity contribution in [1.82, 2.24) is 4.98 Å². The van der Waals surface area contributed by atoms with Gasteiger partial charge in [-0.25, -0.2) is 4.98 Å². The van der Waals surface area contributed by atoms with Crippen molar-refractivity contribution in [3.63, 3.8) is 0 Å². The predicted molar refractivity (Wildman–Crippen MR) is 137 cm³/mol. The van der Waals surface area contributed by atoms with Crippen LogP contribution in [0.3, 0.4) is 0 Å². The third-order valence-corrected chi connectivity index (χ3v) is 8.39. The molecular weight excluding hydrogens is 510 g/mol. The van der Waals surface area contributed by atoms with Gasteiger partial charge in [0.15, 0.2) is 0 Å². The Labute approximate surface area is 197 Å². The van der Waals surface area contributed by atoms with Crippen molar-refractivity contribution in [2.24, 2.45) is 0 Å². The van der Waals surface area contributed by atoms with E-state index in [1.807, 2.05) is 0 Å². The van der Waals surface area contributed by atoms with Gasteiger partial charge in [-0.05, 0) is 82.6 Å². The number of hydrogen-bond donors (Lipinski definition) is 0. The number of hydrogen-bond acceptors (Lipinski definition) is 1. The molecule has 0 radical (unpaired) electrons. The van der Waals surface area contributed by atoms with Gasteiger partial charge in [0.25, 0.3) is 0 Å². The molecule has 1 heterocycles. The van der Waals surface area contributed by atoms with Crippen LogP contribution in [0.5, 0.6) is 0 Å². The van der Waals surface area contributed by atoms with Crippen LogP contribution < -0.4 is 0 Å². The summed E-state index contributed by atoms with van der Waals surface area (Å²) >= 11 is 7.30. The summed E-state index contributed by atoms with van der Waals surface area (Å²) in [4.78, 5) is 5.44. The molecule has 2 aliphatic carbocycles. The van der Waals surface area contributed by atoms with Gasteiger partial charge in [0.2, 0.25) is 0 Å². The number of pyridine rings is 1. The number of halogens is 2. The zero-order valence-electron chi connectivity index (χ0n) is 16.8. The molecule has 1 saturated carbocycles. The lowest BCUT2D eigenvalue weighted by Crippen LogP contribution is -2.05. The first-order valence-electron chi connectivity index (χ1n) is 10.9. The average Bonchev–Trinajstić information content (AvgIpc) is 3.42. The van der Waals surface area contributed by atoms with E-state index >= 15 is 0 Å². The SMILES string of the molecule is Brc1ccc(-c2nc3c4ccccc4c4cc(Br)ccc4c3c3c2C2CCC3C2)cc1. The molecule has 1 aromatic heterocycles. The lowest BCUT2D eigenvalue weighted by molar-refractivity contribution is 0.721. The fourth-order valence-electron chi connectivity index (χ4n) is 6.14. The maximum Gasteiger partial charge on any atom is 0.0797 e. The van der Waals surface area contributed by atoms with E-state index in [1.54, 1.807) is 5.56 Å². The van der Waals surface area contributed by atoms with E-state index in [0.717, 1.165) is 14.5 Å². The van der Waals surface area contributed by atoms with Crippen molar-refractivity contribution in [3.8, 4) is 11.3 Å². The second kappa shape index (κ2) is 6.63. The molecular formula is C28H19Br2N. The first-order valence-corrected chi connectivity index (χ1v) is 12.5. The maximum absolute atomic E-state index is 5.44. The third kappa shape index (κ3) is 2.57. The standard InChI is InChI=1S/C28H19Br2N/c29-18-9-7-15(8-10-18)27-25-17-6-5-16(13-17)24(25)26-21-12-11-19(30)14-23(21)20-3-1-2-4-22(20)28(26)31-27/h1-4,7-12,14,16-17H,5-6,13H2. The molecule has 4 aromatic carbocycles. The number of aromatic nitrogens is 1. The van der Waals surface area contributed by atoms with Crippen LogP contribution in [-0.4, -0.2) is 4.98 Å². The summed E-state index contributed by atoms with van der Waals surface area (Å²) < 4.78 is 2.24. The second-order valence-electron chi connectivity index (χ2n) is 8.96. The Kier molecular flexibility index (Phi) is 3.93. The van der Waals surface area contributed by atoms with Gasteiger partial charge in [-0.15, -0.1) is 0 Å². The Morgan fingerprint density at radius 1 is 0.677 bits per heavy atom. The molecule has 1 fully saturated rings. The summed E-state index contributed by atoms with van der Waals surface area (Å²) in [5.74, 6) is 1.31. The first kappa shape index (κ1) is 18.4. The van der Waals surface area contributed by atoms with Crippen molar-refractivity contribution in [2.45, 2.75) is 31.1 Å². The molecule has 0 amide bonds. The van der Waals surface area contributed by atoms with Crippen molar-refractivity contribution < 1.29 is 0 Å². The summed E-state index contributed by atoms with van der Waals surface area (Å²) in [5.41, 5.74) is 6.69. The summed E-state index contributed by atoms with van der Waals surface area (Å²) in [6, 6.07) is 24.2. The minimum atomic E-state index is 0.646. The maximum atomic E-state index is 5.44. The van der Waals surface area contributed by atoms with E-state index in [-0.39, 0.29) is 0 Å². The molecule has 3 heteroatoms. The lowest BCUT2D eigenvalue weighted by atomic mass is 9.83. The van der Waals surface area contributed by atoms with Crippen LogP contribution in [0.15, 0.2) is 75.7 Å². The van der Waals surface area contributed by atoms with Crippen LogP contribution >= 0.6 is 31.9 Å². The molecule has 0 spiro atoms. The third-order valence-electron chi connectivity index (χ3n) is 7.37. The molecule has 2 unspecified atom stereocenters. The summed E-state index contributed by atoms with van der Waals surface area (Å²) in [6.07, 6.45) is 3.89. The molecule has 150 valence electrons. The first-order chi connectivity index (χ1) is 15.2. The molecule has 1 nitrogen and oxygen atoms in total. The second-order valence-corrected chi connectivity index (χ2v) is 10.8. The summed E-state index contributed by atoms with van der Waals surface area (Å²) in [7, 11) is 0. The fourth-order valence-corrected chi connectivity index (χ4v) is 6.76. The molecule has 0 N–H and O–H groups in total. The largest absolute Gasteiger partial charge is 0.247 e. The Bertz CT molecular complexity index is 1540. The van der Waals surface area contributed by atoms with Crippen LogP contribution in [0.4, 0.5) is 0 Å².